The van der Waals surface area contributed by atoms with Gasteiger partial charge in [-0.15, -0.1) is 0 Å². The number of esters is 1. The third-order valence-electron chi connectivity index (χ3n) is 13.2. The zero-order valence-corrected chi connectivity index (χ0v) is 42.6. The summed E-state index contributed by atoms with van der Waals surface area (Å²) in [5, 5.41) is 9.63. The number of carbonyl (C=O) groups excluding carboxylic acids is 5. The summed E-state index contributed by atoms with van der Waals surface area (Å²) in [6, 6.07) is 34.9. The molecule has 2 aliphatic rings. The van der Waals surface area contributed by atoms with Gasteiger partial charge in [0, 0.05) is 50.1 Å². The van der Waals surface area contributed by atoms with Gasteiger partial charge in [0.05, 0.1) is 55.9 Å². The van der Waals surface area contributed by atoms with Gasteiger partial charge in [-0.25, -0.2) is 9.97 Å². The second-order valence-corrected chi connectivity index (χ2v) is 18.8. The number of carboxylic acids is 1. The first-order chi connectivity index (χ1) is 35.6. The molecule has 74 heavy (non-hydrogen) atoms. The van der Waals surface area contributed by atoms with Crippen LogP contribution in [0.4, 0.5) is 0 Å². The summed E-state index contributed by atoms with van der Waals surface area (Å²) in [7, 11) is 0. The highest BCUT2D eigenvalue weighted by Gasteiger charge is 2.41. The molecule has 0 saturated carbocycles. The summed E-state index contributed by atoms with van der Waals surface area (Å²) in [6.45, 7) is 10.7. The molecule has 0 unspecified atom stereocenters. The number of ether oxygens (including phenoxy) is 3. The molecule has 8 rings (SSSR count). The third-order valence-corrected chi connectivity index (χ3v) is 13.2. The average Bonchev–Trinajstić information content (AvgIpc) is 4.19. The average molecular weight is 1010 g/mol. The lowest BCUT2D eigenvalue weighted by Gasteiger charge is -2.17. The number of aliphatic carboxylic acids is 1. The second-order valence-electron chi connectivity index (χ2n) is 18.8. The fraction of sp³-hybridized carbons (Fsp3) is 0.379. The van der Waals surface area contributed by atoms with Crippen molar-refractivity contribution in [1.29, 1.82) is 0 Å². The van der Waals surface area contributed by atoms with Crippen molar-refractivity contribution in [3.05, 3.63) is 143 Å². The summed E-state index contributed by atoms with van der Waals surface area (Å²) in [5.41, 5.74) is 5.61. The maximum Gasteiger partial charge on any atom is 0.311 e. The van der Waals surface area contributed by atoms with Gasteiger partial charge >= 0.3 is 11.9 Å². The Kier molecular flexibility index (Phi) is 18.7. The lowest BCUT2D eigenvalue weighted by atomic mass is 9.90. The molecule has 6 aromatic rings. The number of likely N-dealkylation sites (tertiary alicyclic amines) is 2. The minimum absolute atomic E-state index is 0.0781. The molecule has 2 saturated heterocycles. The van der Waals surface area contributed by atoms with Crippen LogP contribution in [0.5, 0.6) is 11.5 Å². The number of amides is 2. The molecule has 16 heteroatoms. The molecule has 0 spiro atoms. The molecule has 0 radical (unpaired) electrons. The highest BCUT2D eigenvalue weighted by Crippen LogP contribution is 2.31. The number of carboxylic acid groups (broad SMARTS) is 1. The van der Waals surface area contributed by atoms with Crippen LogP contribution in [-0.2, 0) is 59.2 Å². The SMILES string of the molecule is CC(=O)CC(=O)N1C[C@@H](Cc2ccc(OCCc3nc(-c4ccccc4)oc3C)cc2)[C@@H](C(=O)O)C1.CCOC(=O)[C@H]1CN(C(=O)CC(C)=O)C[C@H]1Cc1ccc(OCCc2nc(-c3ccccc3)oc2C)cc1. The van der Waals surface area contributed by atoms with Crippen LogP contribution in [0.1, 0.15) is 67.6 Å². The number of aryl methyl sites for hydroxylation is 2. The number of benzene rings is 4. The maximum absolute atomic E-state index is 12.6. The zero-order valence-electron chi connectivity index (χ0n) is 42.6. The topological polar surface area (TPSA) is 209 Å². The van der Waals surface area contributed by atoms with Crippen LogP contribution in [0.3, 0.4) is 0 Å². The summed E-state index contributed by atoms with van der Waals surface area (Å²) in [4.78, 5) is 84.0. The van der Waals surface area contributed by atoms with E-state index in [0.717, 1.165) is 50.9 Å². The van der Waals surface area contributed by atoms with Crippen LogP contribution in [0.25, 0.3) is 22.9 Å². The Morgan fingerprint density at radius 1 is 0.581 bits per heavy atom. The normalized spacial score (nSPS) is 17.0. The van der Waals surface area contributed by atoms with Crippen LogP contribution in [0, 0.1) is 37.5 Å². The number of rotatable bonds is 21. The summed E-state index contributed by atoms with van der Waals surface area (Å²) in [5.74, 6) is 0.699. The van der Waals surface area contributed by atoms with Crippen molar-refractivity contribution in [3.63, 3.8) is 0 Å². The highest BCUT2D eigenvalue weighted by atomic mass is 16.5. The Labute approximate surface area is 431 Å². The molecular formula is C58H64N4O12. The number of hydrogen-bond donors (Lipinski definition) is 1. The van der Waals surface area contributed by atoms with Crippen molar-refractivity contribution in [2.75, 3.05) is 46.0 Å². The number of ketones is 2. The molecule has 4 aromatic carbocycles. The van der Waals surface area contributed by atoms with Crippen molar-refractivity contribution < 1.29 is 56.9 Å². The van der Waals surface area contributed by atoms with Crippen molar-refractivity contribution in [2.24, 2.45) is 23.7 Å². The Balaban J connectivity index is 0.000000217. The first kappa shape index (κ1) is 53.9. The number of carbonyl (C=O) groups is 6. The van der Waals surface area contributed by atoms with E-state index >= 15 is 0 Å². The van der Waals surface area contributed by atoms with Crippen LogP contribution in [-0.4, -0.2) is 106 Å². The van der Waals surface area contributed by atoms with Crippen molar-refractivity contribution in [3.8, 4) is 34.4 Å². The Morgan fingerprint density at radius 2 is 0.986 bits per heavy atom. The molecule has 2 fully saturated rings. The molecule has 0 bridgehead atoms. The number of Topliss-reactive ketones (excluding diaryl/α,β-unsaturated/α-hetero) is 2. The van der Waals surface area contributed by atoms with Gasteiger partial charge < -0.3 is 38.0 Å². The quantitative estimate of drug-likeness (QED) is 0.0531. The van der Waals surface area contributed by atoms with Crippen molar-refractivity contribution in [1.82, 2.24) is 19.8 Å². The van der Waals surface area contributed by atoms with E-state index in [1.54, 1.807) is 11.8 Å². The van der Waals surface area contributed by atoms with E-state index in [2.05, 4.69) is 9.97 Å². The third kappa shape index (κ3) is 14.9. The summed E-state index contributed by atoms with van der Waals surface area (Å²) in [6.07, 6.45) is 2.05. The second kappa shape index (κ2) is 25.7. The van der Waals surface area contributed by atoms with Gasteiger partial charge in [-0.1, -0.05) is 60.7 Å². The predicted molar refractivity (Wildman–Crippen MR) is 274 cm³/mol. The smallest absolute Gasteiger partial charge is 0.311 e. The molecule has 2 aliphatic heterocycles. The number of nitrogens with zero attached hydrogens (tertiary/aromatic N) is 4. The molecule has 4 heterocycles. The van der Waals surface area contributed by atoms with Gasteiger partial charge in [0.25, 0.3) is 0 Å². The molecule has 388 valence electrons. The van der Waals surface area contributed by atoms with Crippen molar-refractivity contribution in [2.45, 2.75) is 73.1 Å². The lowest BCUT2D eigenvalue weighted by Crippen LogP contribution is -2.31. The Hall–Kier alpha value is -7.88. The van der Waals surface area contributed by atoms with E-state index in [9.17, 15) is 33.9 Å². The molecule has 1 N–H and O–H groups in total. The van der Waals surface area contributed by atoms with Gasteiger partial charge in [-0.3, -0.25) is 28.8 Å². The van der Waals surface area contributed by atoms with E-state index in [1.807, 2.05) is 123 Å². The number of hydrogen-bond acceptors (Lipinski definition) is 13. The van der Waals surface area contributed by atoms with Gasteiger partial charge in [-0.2, -0.15) is 0 Å². The Bertz CT molecular complexity index is 2860. The van der Waals surface area contributed by atoms with Crippen LogP contribution >= 0.6 is 0 Å². The fourth-order valence-electron chi connectivity index (χ4n) is 9.32. The maximum atomic E-state index is 12.6. The van der Waals surface area contributed by atoms with Gasteiger partial charge in [0.15, 0.2) is 0 Å². The standard InChI is InChI=1S/C30H34N2O6.C28H30N2O6/c1-4-36-30(35)26-19-32(28(34)16-20(2)33)18-24(26)17-22-10-12-25(13-11-22)37-15-14-27-21(3)38-29(31-27)23-8-6-5-7-9-23;1-18(31)14-26(32)30-16-22(24(17-30)28(33)34)15-20-8-10-23(11-9-20)35-13-12-25-19(2)36-27(29-25)21-6-4-3-5-7-21/h5-13,24,26H,4,14-19H2,1-3H3;3-11,22,24H,12-17H2,1-2H3,(H,33,34)/t24-,26+;22-,24+/m11/s1. The van der Waals surface area contributed by atoms with E-state index in [-0.39, 0.29) is 73.7 Å². The van der Waals surface area contributed by atoms with Gasteiger partial charge in [0.1, 0.15) is 34.6 Å². The zero-order chi connectivity index (χ0) is 52.7. The minimum atomic E-state index is -0.920. The number of oxazole rings is 2. The molecule has 16 nitrogen and oxygen atoms in total. The van der Waals surface area contributed by atoms with E-state index in [1.165, 1.54) is 18.7 Å². The predicted octanol–water partition coefficient (Wildman–Crippen LogP) is 8.38. The molecule has 2 amide bonds. The molecule has 2 aromatic heterocycles. The van der Waals surface area contributed by atoms with Crippen LogP contribution in [0.15, 0.2) is 118 Å². The highest BCUT2D eigenvalue weighted by molar-refractivity contribution is 5.97. The monoisotopic (exact) mass is 1010 g/mol. The van der Waals surface area contributed by atoms with E-state index in [0.29, 0.717) is 69.5 Å². The minimum Gasteiger partial charge on any atom is -0.493 e. The number of aromatic nitrogens is 2. The molecule has 0 aliphatic carbocycles. The van der Waals surface area contributed by atoms with Gasteiger partial charge in [-0.05, 0) is 119 Å². The molecule has 4 atom stereocenters. The lowest BCUT2D eigenvalue weighted by molar-refractivity contribution is -0.149. The summed E-state index contributed by atoms with van der Waals surface area (Å²) < 4.78 is 28.7. The fourth-order valence-corrected chi connectivity index (χ4v) is 9.32. The van der Waals surface area contributed by atoms with Crippen LogP contribution < -0.4 is 9.47 Å². The summed E-state index contributed by atoms with van der Waals surface area (Å²) >= 11 is 0. The largest absolute Gasteiger partial charge is 0.493 e. The first-order valence-corrected chi connectivity index (χ1v) is 25.0. The van der Waals surface area contributed by atoms with E-state index in [4.69, 9.17) is 23.0 Å². The van der Waals surface area contributed by atoms with Crippen molar-refractivity contribution >= 4 is 35.3 Å². The first-order valence-electron chi connectivity index (χ1n) is 25.0. The Morgan fingerprint density at radius 3 is 1.38 bits per heavy atom. The molecular weight excluding hydrogens is 945 g/mol. The van der Waals surface area contributed by atoms with E-state index < -0.39 is 17.8 Å². The van der Waals surface area contributed by atoms with Crippen LogP contribution in [0.2, 0.25) is 0 Å². The van der Waals surface area contributed by atoms with Gasteiger partial charge in [0.2, 0.25) is 23.6 Å².